The van der Waals surface area contributed by atoms with Gasteiger partial charge < -0.3 is 4.74 Å². The summed E-state index contributed by atoms with van der Waals surface area (Å²) in [5, 5.41) is 0. The third kappa shape index (κ3) is 5.91. The second-order valence-electron chi connectivity index (χ2n) is 2.03. The van der Waals surface area contributed by atoms with E-state index < -0.39 is 11.9 Å². The lowest BCUT2D eigenvalue weighted by Crippen LogP contribution is -1.95. The molecule has 0 atom stereocenters. The summed E-state index contributed by atoms with van der Waals surface area (Å²) in [6, 6.07) is 0. The molecular weight excluding hydrogens is 157 g/mol. The fourth-order valence-electron chi connectivity index (χ4n) is 0.503. The lowest BCUT2D eigenvalue weighted by atomic mass is 10.4. The van der Waals surface area contributed by atoms with Crippen LogP contribution in [-0.4, -0.2) is 13.2 Å². The molecule has 0 aliphatic rings. The Balaban J connectivity index is 3.32. The van der Waals surface area contributed by atoms with Gasteiger partial charge in [0.2, 0.25) is 0 Å². The van der Waals surface area contributed by atoms with Crippen LogP contribution in [0.1, 0.15) is 19.8 Å². The smallest absolute Gasteiger partial charge is 0.301 e. The molecular formula is C7H11F3O. The van der Waals surface area contributed by atoms with Crippen molar-refractivity contribution in [1.82, 2.24) is 0 Å². The molecule has 66 valence electrons. The maximum absolute atomic E-state index is 12.0. The van der Waals surface area contributed by atoms with E-state index in [0.29, 0.717) is 6.61 Å². The Bertz CT molecular complexity index is 130. The molecule has 0 amide bonds. The summed E-state index contributed by atoms with van der Waals surface area (Å²) in [5.74, 6) is -1.37. The van der Waals surface area contributed by atoms with Crippen molar-refractivity contribution in [2.45, 2.75) is 19.8 Å². The summed E-state index contributed by atoms with van der Waals surface area (Å²) >= 11 is 0. The zero-order chi connectivity index (χ0) is 8.69. The van der Waals surface area contributed by atoms with Crippen molar-refractivity contribution in [3.8, 4) is 0 Å². The van der Waals surface area contributed by atoms with Gasteiger partial charge in [-0.3, -0.25) is 0 Å². The molecule has 4 heteroatoms. The Morgan fingerprint density at radius 3 is 2.27 bits per heavy atom. The van der Waals surface area contributed by atoms with Gasteiger partial charge >= 0.3 is 6.08 Å². The first kappa shape index (κ1) is 10.5. The molecule has 0 saturated heterocycles. The lowest BCUT2D eigenvalue weighted by molar-refractivity contribution is 0.132. The fraction of sp³-hybridized carbons (Fsp3) is 0.714. The van der Waals surface area contributed by atoms with Crippen molar-refractivity contribution in [3.63, 3.8) is 0 Å². The van der Waals surface area contributed by atoms with E-state index in [1.54, 1.807) is 0 Å². The van der Waals surface area contributed by atoms with Gasteiger partial charge in [0.1, 0.15) is 0 Å². The van der Waals surface area contributed by atoms with Crippen molar-refractivity contribution in [2.75, 3.05) is 13.2 Å². The van der Waals surface area contributed by atoms with Gasteiger partial charge in [-0.25, -0.2) is 4.39 Å². The van der Waals surface area contributed by atoms with Crippen LogP contribution in [0.3, 0.4) is 0 Å². The highest BCUT2D eigenvalue weighted by Gasteiger charge is 2.03. The van der Waals surface area contributed by atoms with Crippen LogP contribution < -0.4 is 0 Å². The van der Waals surface area contributed by atoms with Gasteiger partial charge in [0.25, 0.3) is 0 Å². The molecule has 1 nitrogen and oxygen atoms in total. The Labute approximate surface area is 63.8 Å². The molecule has 0 bridgehead atoms. The molecule has 0 radical (unpaired) electrons. The lowest BCUT2D eigenvalue weighted by Gasteiger charge is -1.98. The second-order valence-corrected chi connectivity index (χ2v) is 2.03. The molecule has 0 unspecified atom stereocenters. The molecule has 0 aromatic rings. The summed E-state index contributed by atoms with van der Waals surface area (Å²) in [7, 11) is 0. The van der Waals surface area contributed by atoms with Gasteiger partial charge in [-0.15, -0.1) is 0 Å². The van der Waals surface area contributed by atoms with E-state index in [1.165, 1.54) is 0 Å². The van der Waals surface area contributed by atoms with E-state index in [0.717, 1.165) is 6.42 Å². The van der Waals surface area contributed by atoms with E-state index in [2.05, 4.69) is 0 Å². The van der Waals surface area contributed by atoms with Crippen LogP contribution in [0.25, 0.3) is 0 Å². The van der Waals surface area contributed by atoms with Crippen LogP contribution in [0.5, 0.6) is 0 Å². The predicted molar refractivity (Wildman–Crippen MR) is 36.1 cm³/mol. The standard InChI is InChI=1S/C7H11F3O/c1-2-4-11-5-3-6(8)7(9)10/h2-5H2,1H3. The molecule has 11 heavy (non-hydrogen) atoms. The van der Waals surface area contributed by atoms with Crippen molar-refractivity contribution in [2.24, 2.45) is 0 Å². The van der Waals surface area contributed by atoms with Crippen molar-refractivity contribution < 1.29 is 17.9 Å². The topological polar surface area (TPSA) is 9.23 Å². The van der Waals surface area contributed by atoms with Crippen LogP contribution in [0.2, 0.25) is 0 Å². The highest BCUT2D eigenvalue weighted by atomic mass is 19.3. The molecule has 0 aromatic heterocycles. The van der Waals surface area contributed by atoms with Gasteiger partial charge in [0.15, 0.2) is 5.83 Å². The second kappa shape index (κ2) is 6.22. The van der Waals surface area contributed by atoms with Crippen molar-refractivity contribution in [3.05, 3.63) is 11.9 Å². The highest BCUT2D eigenvalue weighted by Crippen LogP contribution is 2.12. The minimum atomic E-state index is -2.25. The molecule has 0 aromatic carbocycles. The zero-order valence-electron chi connectivity index (χ0n) is 6.37. The van der Waals surface area contributed by atoms with Gasteiger partial charge in [0, 0.05) is 13.0 Å². The average molecular weight is 168 g/mol. The monoisotopic (exact) mass is 168 g/mol. The maximum atomic E-state index is 12.0. The summed E-state index contributed by atoms with van der Waals surface area (Å²) < 4.78 is 39.6. The van der Waals surface area contributed by atoms with E-state index in [1.807, 2.05) is 6.92 Å². The van der Waals surface area contributed by atoms with Gasteiger partial charge in [-0.1, -0.05) is 6.92 Å². The molecule has 0 aliphatic heterocycles. The first-order chi connectivity index (χ1) is 5.18. The largest absolute Gasteiger partial charge is 0.381 e. The Hall–Kier alpha value is -0.510. The molecule has 0 saturated carbocycles. The van der Waals surface area contributed by atoms with Gasteiger partial charge in [-0.05, 0) is 6.42 Å². The van der Waals surface area contributed by atoms with Crippen molar-refractivity contribution in [1.29, 1.82) is 0 Å². The number of hydrogen-bond acceptors (Lipinski definition) is 1. The zero-order valence-corrected chi connectivity index (χ0v) is 6.37. The Morgan fingerprint density at radius 1 is 1.18 bits per heavy atom. The quantitative estimate of drug-likeness (QED) is 0.573. The molecule has 0 rings (SSSR count). The fourth-order valence-corrected chi connectivity index (χ4v) is 0.503. The minimum absolute atomic E-state index is 0.0248. The van der Waals surface area contributed by atoms with Crippen LogP contribution in [-0.2, 0) is 4.74 Å². The number of halogens is 3. The Morgan fingerprint density at radius 2 is 1.82 bits per heavy atom. The van der Waals surface area contributed by atoms with E-state index in [9.17, 15) is 13.2 Å². The van der Waals surface area contributed by atoms with Crippen LogP contribution in [0, 0.1) is 0 Å². The highest BCUT2D eigenvalue weighted by molar-refractivity contribution is 4.90. The molecule has 0 aliphatic carbocycles. The van der Waals surface area contributed by atoms with Crippen molar-refractivity contribution >= 4 is 0 Å². The SMILES string of the molecule is CCCOCCC(F)=C(F)F. The van der Waals surface area contributed by atoms with E-state index in [-0.39, 0.29) is 13.0 Å². The number of hydrogen-bond donors (Lipinski definition) is 0. The number of ether oxygens (including phenoxy) is 1. The predicted octanol–water partition coefficient (Wildman–Crippen LogP) is 2.88. The third-order valence-corrected chi connectivity index (χ3v) is 1.02. The summed E-state index contributed by atoms with van der Waals surface area (Å²) in [6.07, 6.45) is -1.77. The summed E-state index contributed by atoms with van der Waals surface area (Å²) in [5.41, 5.74) is 0. The van der Waals surface area contributed by atoms with Crippen LogP contribution in [0.4, 0.5) is 13.2 Å². The Kier molecular flexibility index (Phi) is 5.93. The first-order valence-corrected chi connectivity index (χ1v) is 3.45. The maximum Gasteiger partial charge on any atom is 0.301 e. The van der Waals surface area contributed by atoms with Crippen LogP contribution in [0.15, 0.2) is 11.9 Å². The van der Waals surface area contributed by atoms with Gasteiger partial charge in [0.05, 0.1) is 6.61 Å². The minimum Gasteiger partial charge on any atom is -0.381 e. The molecule has 0 fully saturated rings. The normalized spacial score (nSPS) is 9.82. The molecule has 0 N–H and O–H groups in total. The number of rotatable bonds is 5. The van der Waals surface area contributed by atoms with E-state index in [4.69, 9.17) is 4.74 Å². The van der Waals surface area contributed by atoms with Gasteiger partial charge in [-0.2, -0.15) is 8.78 Å². The molecule has 0 heterocycles. The third-order valence-electron chi connectivity index (χ3n) is 1.02. The first-order valence-electron chi connectivity index (χ1n) is 3.45. The average Bonchev–Trinajstić information content (AvgIpc) is 1.97. The summed E-state index contributed by atoms with van der Waals surface area (Å²) in [4.78, 5) is 0. The van der Waals surface area contributed by atoms with Crippen LogP contribution >= 0.6 is 0 Å². The molecule has 0 spiro atoms. The summed E-state index contributed by atoms with van der Waals surface area (Å²) in [6.45, 7) is 2.40. The van der Waals surface area contributed by atoms with E-state index >= 15 is 0 Å².